The maximum atomic E-state index is 13.6. The van der Waals surface area contributed by atoms with Crippen LogP contribution in [0.5, 0.6) is 0 Å². The third kappa shape index (κ3) is 7.19. The lowest BCUT2D eigenvalue weighted by Gasteiger charge is -2.42. The third-order valence-corrected chi connectivity index (χ3v) is 8.32. The fourth-order valence-electron chi connectivity index (χ4n) is 6.05. The topological polar surface area (TPSA) is 120 Å². The lowest BCUT2D eigenvalue weighted by Crippen LogP contribution is -2.61. The predicted molar refractivity (Wildman–Crippen MR) is 147 cm³/mol. The van der Waals surface area contributed by atoms with Crippen molar-refractivity contribution in [2.24, 2.45) is 0 Å². The van der Waals surface area contributed by atoms with Gasteiger partial charge in [-0.25, -0.2) is 0 Å². The highest BCUT2D eigenvalue weighted by Crippen LogP contribution is 2.34. The van der Waals surface area contributed by atoms with Crippen LogP contribution >= 0.6 is 0 Å². The van der Waals surface area contributed by atoms with Gasteiger partial charge in [0.15, 0.2) is 6.29 Å². The largest absolute Gasteiger partial charge is 0.388 e. The first kappa shape index (κ1) is 29.9. The molecule has 3 aliphatic rings. The van der Waals surface area contributed by atoms with Crippen LogP contribution in [0.15, 0.2) is 24.3 Å². The summed E-state index contributed by atoms with van der Waals surface area (Å²) in [5.74, 6) is -0.410. The quantitative estimate of drug-likeness (QED) is 0.306. The van der Waals surface area contributed by atoms with Gasteiger partial charge in [0.2, 0.25) is 5.91 Å². The number of ether oxygens (including phenoxy) is 2. The van der Waals surface area contributed by atoms with Gasteiger partial charge in [-0.15, -0.1) is 0 Å². The number of para-hydroxylation sites is 1. The Bertz CT molecular complexity index is 944. The van der Waals surface area contributed by atoms with Gasteiger partial charge in [0.25, 0.3) is 5.91 Å². The first-order chi connectivity index (χ1) is 18.9. The highest BCUT2D eigenvalue weighted by atomic mass is 16.6. The van der Waals surface area contributed by atoms with Crippen molar-refractivity contribution in [3.63, 3.8) is 0 Å². The minimum atomic E-state index is -1.56. The van der Waals surface area contributed by atoms with Gasteiger partial charge in [-0.05, 0) is 31.4 Å². The number of benzene rings is 1. The summed E-state index contributed by atoms with van der Waals surface area (Å²) in [6.45, 7) is 3.03. The van der Waals surface area contributed by atoms with E-state index in [-0.39, 0.29) is 18.4 Å². The zero-order valence-electron chi connectivity index (χ0n) is 23.2. The molecule has 2 fully saturated rings. The zero-order valence-corrected chi connectivity index (χ0v) is 23.2. The number of aliphatic hydroxyl groups excluding tert-OH is 3. The van der Waals surface area contributed by atoms with Crippen LogP contribution in [0.2, 0.25) is 0 Å². The number of unbranched alkanes of at least 4 members (excludes halogenated alkanes) is 9. The Kier molecular flexibility index (Phi) is 11.2. The smallest absolute Gasteiger partial charge is 0.256 e. The Morgan fingerprint density at radius 3 is 2.31 bits per heavy atom. The van der Waals surface area contributed by atoms with Crippen LogP contribution in [0.3, 0.4) is 0 Å². The molecule has 9 heteroatoms. The number of hydrogen-bond donors (Lipinski definition) is 3. The number of rotatable bonds is 14. The standard InChI is InChI=1S/C30H46N2O7/c1-2-3-4-5-6-7-8-9-10-13-19-38-27-25(33)24(39-30(37)26(27)34)20-32-22-16-12-11-15-21(22)28(35)31-18-14-17-23(31)29(32)36/h11-12,15-16,23-27,30,33-34,37H,2-10,13-14,17-20H2,1H3/t23?,24-,25-,26-,27+,30?/m1/s1. The average Bonchev–Trinajstić information content (AvgIpc) is 3.41. The van der Waals surface area contributed by atoms with E-state index < -0.39 is 36.7 Å². The molecule has 0 spiro atoms. The molecule has 0 bridgehead atoms. The molecule has 0 aromatic heterocycles. The van der Waals surface area contributed by atoms with E-state index in [0.29, 0.717) is 30.8 Å². The van der Waals surface area contributed by atoms with Crippen LogP contribution in [0.25, 0.3) is 0 Å². The summed E-state index contributed by atoms with van der Waals surface area (Å²) in [6, 6.07) is 6.38. The first-order valence-corrected chi connectivity index (χ1v) is 15.0. The van der Waals surface area contributed by atoms with Gasteiger partial charge in [0.1, 0.15) is 30.5 Å². The van der Waals surface area contributed by atoms with E-state index in [1.807, 2.05) is 0 Å². The van der Waals surface area contributed by atoms with E-state index in [9.17, 15) is 24.9 Å². The molecule has 3 N–H and O–H groups in total. The summed E-state index contributed by atoms with van der Waals surface area (Å²) < 4.78 is 11.4. The average molecular weight is 547 g/mol. The minimum Gasteiger partial charge on any atom is -0.388 e. The van der Waals surface area contributed by atoms with E-state index in [1.54, 1.807) is 29.2 Å². The summed E-state index contributed by atoms with van der Waals surface area (Å²) in [7, 11) is 0. The summed E-state index contributed by atoms with van der Waals surface area (Å²) in [5.41, 5.74) is 0.885. The Hall–Kier alpha value is -2.04. The Balaban J connectivity index is 1.32. The number of hydrogen-bond acceptors (Lipinski definition) is 7. The number of amides is 2. The second-order valence-electron chi connectivity index (χ2n) is 11.2. The number of carbonyl (C=O) groups excluding carboxylic acids is 2. The highest BCUT2D eigenvalue weighted by Gasteiger charge is 2.48. The Morgan fingerprint density at radius 2 is 1.59 bits per heavy atom. The van der Waals surface area contributed by atoms with E-state index in [2.05, 4.69) is 6.92 Å². The van der Waals surface area contributed by atoms with Crippen molar-refractivity contribution in [3.05, 3.63) is 29.8 Å². The predicted octanol–water partition coefficient (Wildman–Crippen LogP) is 3.38. The number of aliphatic hydroxyl groups is 3. The molecule has 218 valence electrons. The van der Waals surface area contributed by atoms with Crippen LogP contribution in [-0.2, 0) is 14.3 Å². The Labute approximate surface area is 232 Å². The Morgan fingerprint density at radius 1 is 0.923 bits per heavy atom. The van der Waals surface area contributed by atoms with Crippen molar-refractivity contribution in [1.29, 1.82) is 0 Å². The van der Waals surface area contributed by atoms with Crippen LogP contribution in [0.1, 0.15) is 94.3 Å². The maximum Gasteiger partial charge on any atom is 0.256 e. The lowest BCUT2D eigenvalue weighted by atomic mass is 9.97. The molecular formula is C30H46N2O7. The van der Waals surface area contributed by atoms with Crippen molar-refractivity contribution < 1.29 is 34.4 Å². The molecule has 3 heterocycles. The van der Waals surface area contributed by atoms with Crippen molar-refractivity contribution >= 4 is 17.5 Å². The second kappa shape index (κ2) is 14.6. The molecule has 1 aromatic carbocycles. The molecule has 1 aromatic rings. The van der Waals surface area contributed by atoms with Gasteiger partial charge in [-0.1, -0.05) is 76.8 Å². The molecule has 0 saturated carbocycles. The minimum absolute atomic E-state index is 0.0729. The fourth-order valence-corrected chi connectivity index (χ4v) is 6.05. The summed E-state index contributed by atoms with van der Waals surface area (Å²) >= 11 is 0. The van der Waals surface area contributed by atoms with Crippen molar-refractivity contribution in [2.45, 2.75) is 121 Å². The molecule has 39 heavy (non-hydrogen) atoms. The van der Waals surface area contributed by atoms with Crippen LogP contribution < -0.4 is 4.90 Å². The molecular weight excluding hydrogens is 500 g/mol. The molecule has 4 rings (SSSR count). The maximum absolute atomic E-state index is 13.6. The fraction of sp³-hybridized carbons (Fsp3) is 0.733. The van der Waals surface area contributed by atoms with Gasteiger partial charge < -0.3 is 34.6 Å². The monoisotopic (exact) mass is 546 g/mol. The van der Waals surface area contributed by atoms with Crippen LogP contribution in [0.4, 0.5) is 5.69 Å². The molecule has 3 aliphatic heterocycles. The number of nitrogens with zero attached hydrogens (tertiary/aromatic N) is 2. The SMILES string of the molecule is CCCCCCCCCCCCO[C@H]1[C@H](O)[C@@H](CN2C(=O)C3CCCN3C(=O)c3ccccc32)OC(O)[C@@H]1O. The normalized spacial score (nSPS) is 28.9. The van der Waals surface area contributed by atoms with Gasteiger partial charge in [-0.2, -0.15) is 0 Å². The van der Waals surface area contributed by atoms with Crippen LogP contribution in [-0.4, -0.2) is 88.5 Å². The molecule has 2 amide bonds. The highest BCUT2D eigenvalue weighted by molar-refractivity contribution is 6.11. The number of fused-ring (bicyclic) bond motifs is 2. The number of anilines is 1. The van der Waals surface area contributed by atoms with E-state index in [1.165, 1.54) is 49.8 Å². The zero-order chi connectivity index (χ0) is 27.8. The van der Waals surface area contributed by atoms with Crippen LogP contribution in [0, 0.1) is 0 Å². The van der Waals surface area contributed by atoms with Gasteiger partial charge >= 0.3 is 0 Å². The number of carbonyl (C=O) groups is 2. The lowest BCUT2D eigenvalue weighted by molar-refractivity contribution is -0.287. The second-order valence-corrected chi connectivity index (χ2v) is 11.2. The molecule has 9 nitrogen and oxygen atoms in total. The molecule has 2 unspecified atom stereocenters. The van der Waals surface area contributed by atoms with E-state index in [4.69, 9.17) is 9.47 Å². The van der Waals surface area contributed by atoms with Crippen molar-refractivity contribution in [2.75, 3.05) is 24.6 Å². The van der Waals surface area contributed by atoms with E-state index >= 15 is 0 Å². The molecule has 6 atom stereocenters. The molecule has 0 radical (unpaired) electrons. The van der Waals surface area contributed by atoms with Crippen molar-refractivity contribution in [3.8, 4) is 0 Å². The van der Waals surface area contributed by atoms with Gasteiger partial charge in [0, 0.05) is 13.2 Å². The van der Waals surface area contributed by atoms with Crippen molar-refractivity contribution in [1.82, 2.24) is 4.90 Å². The first-order valence-electron chi connectivity index (χ1n) is 15.0. The molecule has 0 aliphatic carbocycles. The van der Waals surface area contributed by atoms with Gasteiger partial charge in [-0.3, -0.25) is 9.59 Å². The summed E-state index contributed by atoms with van der Waals surface area (Å²) in [5, 5.41) is 32.1. The third-order valence-electron chi connectivity index (χ3n) is 8.32. The van der Waals surface area contributed by atoms with E-state index in [0.717, 1.165) is 25.7 Å². The van der Waals surface area contributed by atoms with Gasteiger partial charge in [0.05, 0.1) is 17.8 Å². The summed E-state index contributed by atoms with van der Waals surface area (Å²) in [4.78, 5) is 29.9. The summed E-state index contributed by atoms with van der Waals surface area (Å²) in [6.07, 6.45) is 6.92. The molecule has 2 saturated heterocycles.